The minimum atomic E-state index is -0.361. The van der Waals surface area contributed by atoms with Crippen LogP contribution in [0.15, 0.2) is 40.2 Å². The van der Waals surface area contributed by atoms with Crippen molar-refractivity contribution in [2.75, 3.05) is 26.2 Å². The van der Waals surface area contributed by atoms with Gasteiger partial charge >= 0.3 is 12.0 Å². The summed E-state index contributed by atoms with van der Waals surface area (Å²) in [5.74, 6) is -0.361. The molecule has 0 bridgehead atoms. The van der Waals surface area contributed by atoms with Crippen LogP contribution >= 0.6 is 22.7 Å². The molecule has 8 heteroatoms. The average Bonchev–Trinajstić information content (AvgIpc) is 3.33. The van der Waals surface area contributed by atoms with E-state index in [-0.39, 0.29) is 24.6 Å². The van der Waals surface area contributed by atoms with E-state index in [1.54, 1.807) is 18.3 Å². The molecule has 142 valence electrons. The summed E-state index contributed by atoms with van der Waals surface area (Å²) in [6.07, 6.45) is 1.01. The Kier molecular flexibility index (Phi) is 5.29. The zero-order valence-electron chi connectivity index (χ0n) is 15.0. The lowest BCUT2D eigenvalue weighted by Crippen LogP contribution is -3.13. The Labute approximate surface area is 165 Å². The van der Waals surface area contributed by atoms with Gasteiger partial charge in [0.2, 0.25) is 0 Å². The zero-order chi connectivity index (χ0) is 18.8. The summed E-state index contributed by atoms with van der Waals surface area (Å²) >= 11 is 3.57. The topological polar surface area (TPSA) is 71.9 Å². The molecule has 4 heterocycles. The smallest absolute Gasteiger partial charge is 0.337 e. The predicted molar refractivity (Wildman–Crippen MR) is 105 cm³/mol. The van der Waals surface area contributed by atoms with E-state index in [1.165, 1.54) is 20.2 Å². The van der Waals surface area contributed by atoms with Gasteiger partial charge in [0.1, 0.15) is 12.6 Å². The first-order valence-corrected chi connectivity index (χ1v) is 10.8. The number of hydrogen-bond donors (Lipinski definition) is 3. The first kappa shape index (κ1) is 18.2. The van der Waals surface area contributed by atoms with Crippen molar-refractivity contribution in [3.63, 3.8) is 0 Å². The summed E-state index contributed by atoms with van der Waals surface area (Å²) in [5, 5.41) is 9.78. The van der Waals surface area contributed by atoms with Crippen molar-refractivity contribution in [1.82, 2.24) is 10.6 Å². The number of quaternary nitrogens is 1. The van der Waals surface area contributed by atoms with E-state index in [1.807, 2.05) is 11.3 Å². The van der Waals surface area contributed by atoms with Crippen molar-refractivity contribution >= 4 is 34.7 Å². The molecule has 0 aromatic carbocycles. The van der Waals surface area contributed by atoms with E-state index >= 15 is 0 Å². The van der Waals surface area contributed by atoms with Gasteiger partial charge in [-0.1, -0.05) is 6.07 Å². The van der Waals surface area contributed by atoms with Gasteiger partial charge in [0.15, 0.2) is 0 Å². The highest BCUT2D eigenvalue weighted by Crippen LogP contribution is 2.31. The number of esters is 1. The first-order chi connectivity index (χ1) is 13.2. The summed E-state index contributed by atoms with van der Waals surface area (Å²) in [7, 11) is 0. The lowest BCUT2D eigenvalue weighted by Gasteiger charge is -2.34. The van der Waals surface area contributed by atoms with Gasteiger partial charge in [-0.2, -0.15) is 0 Å². The Balaban J connectivity index is 1.67. The molecule has 2 atom stereocenters. The minimum Gasteiger partial charge on any atom is -0.463 e. The summed E-state index contributed by atoms with van der Waals surface area (Å²) in [6.45, 7) is 3.85. The van der Waals surface area contributed by atoms with Gasteiger partial charge in [-0.3, -0.25) is 0 Å². The zero-order valence-corrected chi connectivity index (χ0v) is 16.7. The lowest BCUT2D eigenvalue weighted by atomic mass is 9.97. The molecule has 3 N–H and O–H groups in total. The largest absolute Gasteiger partial charge is 0.463 e. The van der Waals surface area contributed by atoms with E-state index in [0.717, 1.165) is 13.0 Å². The average molecular weight is 405 g/mol. The summed E-state index contributed by atoms with van der Waals surface area (Å²) in [5.41, 5.74) is 2.56. The molecule has 27 heavy (non-hydrogen) atoms. The molecular formula is C19H22N3O3S2+. The molecule has 0 spiro atoms. The fourth-order valence-corrected chi connectivity index (χ4v) is 5.60. The molecule has 1 unspecified atom stereocenters. The van der Waals surface area contributed by atoms with Crippen LogP contribution in [-0.4, -0.2) is 38.2 Å². The molecule has 0 saturated carbocycles. The van der Waals surface area contributed by atoms with Gasteiger partial charge in [0.05, 0.1) is 35.8 Å². The second-order valence-corrected chi connectivity index (χ2v) is 8.55. The highest BCUT2D eigenvalue weighted by atomic mass is 32.1. The van der Waals surface area contributed by atoms with Crippen molar-refractivity contribution in [2.45, 2.75) is 19.4 Å². The minimum absolute atomic E-state index is 0.209. The number of thiophene rings is 2. The molecule has 2 aliphatic rings. The Morgan fingerprint density at radius 2 is 2.22 bits per heavy atom. The summed E-state index contributed by atoms with van der Waals surface area (Å²) in [4.78, 5) is 28.3. The number of rotatable bonds is 5. The number of carbonyl (C=O) groups excluding carboxylic acids is 2. The fourth-order valence-electron chi connectivity index (χ4n) is 3.77. The van der Waals surface area contributed by atoms with Crippen LogP contribution in [0.4, 0.5) is 4.79 Å². The monoisotopic (exact) mass is 404 g/mol. The van der Waals surface area contributed by atoms with Crippen LogP contribution in [0.3, 0.4) is 0 Å². The molecule has 2 aromatic heterocycles. The molecule has 2 amide bonds. The lowest BCUT2D eigenvalue weighted by molar-refractivity contribution is -0.923. The standard InChI is InChI=1S/C19H21N3O3S2/c1-2-25-18(23)13-10-20-19(24)21-14(13)11-22-7-5-15-12(6-9-27-15)17(22)16-4-3-8-26-16/h3-4,6,8-9,17H,2,5,7,10-11H2,1H3,(H2,20,21,24)/p+1/t17-/m0/s1. The van der Waals surface area contributed by atoms with E-state index in [0.29, 0.717) is 24.4 Å². The number of amides is 2. The maximum absolute atomic E-state index is 12.3. The maximum atomic E-state index is 12.3. The normalized spacial score (nSPS) is 22.0. The van der Waals surface area contributed by atoms with Crippen molar-refractivity contribution in [3.8, 4) is 0 Å². The van der Waals surface area contributed by atoms with Crippen molar-refractivity contribution in [2.24, 2.45) is 0 Å². The molecule has 2 aromatic rings. The van der Waals surface area contributed by atoms with Gasteiger partial charge < -0.3 is 20.3 Å². The molecule has 0 fully saturated rings. The van der Waals surface area contributed by atoms with Gasteiger partial charge in [-0.05, 0) is 29.8 Å². The number of fused-ring (bicyclic) bond motifs is 1. The quantitative estimate of drug-likeness (QED) is 0.661. The van der Waals surface area contributed by atoms with E-state index < -0.39 is 0 Å². The maximum Gasteiger partial charge on any atom is 0.337 e. The summed E-state index contributed by atoms with van der Waals surface area (Å²) in [6, 6.07) is 6.42. The number of urea groups is 1. The van der Waals surface area contributed by atoms with Crippen molar-refractivity contribution in [1.29, 1.82) is 0 Å². The highest BCUT2D eigenvalue weighted by molar-refractivity contribution is 7.10. The SMILES string of the molecule is CCOC(=O)C1=C(C[NH+]2CCc3sccc3[C@H]2c2cccs2)NC(=O)NC1. The molecule has 0 radical (unpaired) electrons. The fraction of sp³-hybridized carbons (Fsp3) is 0.368. The highest BCUT2D eigenvalue weighted by Gasteiger charge is 2.36. The third-order valence-corrected chi connectivity index (χ3v) is 6.91. The second-order valence-electron chi connectivity index (χ2n) is 6.57. The molecular weight excluding hydrogens is 382 g/mol. The van der Waals surface area contributed by atoms with Gasteiger partial charge in [0.25, 0.3) is 0 Å². The molecule has 2 aliphatic heterocycles. The number of ether oxygens (including phenoxy) is 1. The van der Waals surface area contributed by atoms with Crippen LogP contribution in [0, 0.1) is 0 Å². The number of nitrogens with one attached hydrogen (secondary N) is 3. The third-order valence-electron chi connectivity index (χ3n) is 4.98. The third kappa shape index (κ3) is 3.65. The van der Waals surface area contributed by atoms with E-state index in [2.05, 4.69) is 39.6 Å². The Bertz CT molecular complexity index is 873. The predicted octanol–water partition coefficient (Wildman–Crippen LogP) is 1.47. The second kappa shape index (κ2) is 7.84. The van der Waals surface area contributed by atoms with Crippen LogP contribution in [0.2, 0.25) is 0 Å². The van der Waals surface area contributed by atoms with E-state index in [9.17, 15) is 9.59 Å². The number of hydrogen-bond acceptors (Lipinski definition) is 5. The van der Waals surface area contributed by atoms with Gasteiger partial charge in [-0.15, -0.1) is 22.7 Å². The van der Waals surface area contributed by atoms with Gasteiger partial charge in [-0.25, -0.2) is 9.59 Å². The Morgan fingerprint density at radius 1 is 1.33 bits per heavy atom. The molecule has 4 rings (SSSR count). The van der Waals surface area contributed by atoms with E-state index in [4.69, 9.17) is 4.74 Å². The molecule has 6 nitrogen and oxygen atoms in total. The van der Waals surface area contributed by atoms with Gasteiger partial charge in [0, 0.05) is 16.9 Å². The van der Waals surface area contributed by atoms with Crippen LogP contribution in [0.25, 0.3) is 0 Å². The van der Waals surface area contributed by atoms with Crippen LogP contribution < -0.4 is 15.5 Å². The van der Waals surface area contributed by atoms with Crippen molar-refractivity contribution < 1.29 is 19.2 Å². The Morgan fingerprint density at radius 3 is 3.00 bits per heavy atom. The number of carbonyl (C=O) groups is 2. The Hall–Kier alpha value is -2.16. The first-order valence-electron chi connectivity index (χ1n) is 9.05. The molecule has 0 aliphatic carbocycles. The van der Waals surface area contributed by atoms with Crippen LogP contribution in [-0.2, 0) is 16.0 Å². The van der Waals surface area contributed by atoms with Crippen LogP contribution in [0.1, 0.15) is 28.3 Å². The summed E-state index contributed by atoms with van der Waals surface area (Å²) < 4.78 is 5.19. The molecule has 0 saturated heterocycles. The van der Waals surface area contributed by atoms with Crippen molar-refractivity contribution in [3.05, 3.63) is 55.5 Å². The van der Waals surface area contributed by atoms with Crippen LogP contribution in [0.5, 0.6) is 0 Å².